The molecule has 14 heteroatoms. The Morgan fingerprint density at radius 2 is 0.929 bits per heavy atom. The lowest BCUT2D eigenvalue weighted by atomic mass is 9.84. The molecule has 0 amide bonds. The molecule has 2 aromatic rings. The Hall–Kier alpha value is -2.49. The first kappa shape index (κ1) is 20.2. The summed E-state index contributed by atoms with van der Waals surface area (Å²) in [5.74, 6) is -2.77. The highest BCUT2D eigenvalue weighted by Gasteiger charge is 2.41. The van der Waals surface area contributed by atoms with Crippen molar-refractivity contribution >= 4 is 41.9 Å². The molecule has 0 aliphatic heterocycles. The predicted octanol–water partition coefficient (Wildman–Crippen LogP) is 0.202. The molecule has 148 valence electrons. The monoisotopic (exact) mass is 448 g/mol. The molecule has 0 saturated carbocycles. The molecule has 11 nitrogen and oxygen atoms in total. The Balaban J connectivity index is 2.58. The first-order chi connectivity index (χ1) is 12.7. The molecule has 0 aromatic heterocycles. The summed E-state index contributed by atoms with van der Waals surface area (Å²) in [7, 11) is -15.3. The zero-order chi connectivity index (χ0) is 21.2. The topological polar surface area (TPSA) is 197 Å². The standard InChI is InChI=1S/C14H8O11S3/c15-13-6-2-1-3-7(26(17,18)19)10(6)14(16)12-9(28(23,24)25)5-4-8(11(12)13)27(20,21)22/h1-5H,(H,17,18,19)(H,20,21,22)(H,23,24,25). The zero-order valence-electron chi connectivity index (χ0n) is 13.2. The minimum absolute atomic E-state index is 0.462. The van der Waals surface area contributed by atoms with E-state index in [1.165, 1.54) is 0 Å². The summed E-state index contributed by atoms with van der Waals surface area (Å²) >= 11 is 0. The van der Waals surface area contributed by atoms with E-state index in [-0.39, 0.29) is 0 Å². The van der Waals surface area contributed by atoms with Crippen molar-refractivity contribution in [2.24, 2.45) is 0 Å². The van der Waals surface area contributed by atoms with Crippen LogP contribution < -0.4 is 0 Å². The van der Waals surface area contributed by atoms with Crippen molar-refractivity contribution in [1.82, 2.24) is 0 Å². The number of fused-ring (bicyclic) bond motifs is 2. The van der Waals surface area contributed by atoms with Crippen LogP contribution in [0.15, 0.2) is 45.0 Å². The Kier molecular flexibility index (Phi) is 4.34. The highest BCUT2D eigenvalue weighted by molar-refractivity contribution is 7.86. The Labute approximate surface area is 157 Å². The molecule has 0 radical (unpaired) electrons. The van der Waals surface area contributed by atoms with E-state index in [0.29, 0.717) is 12.1 Å². The van der Waals surface area contributed by atoms with Crippen LogP contribution in [0, 0.1) is 0 Å². The first-order valence-corrected chi connectivity index (χ1v) is 11.3. The largest absolute Gasteiger partial charge is 0.295 e. The van der Waals surface area contributed by atoms with Gasteiger partial charge in [-0.15, -0.1) is 0 Å². The van der Waals surface area contributed by atoms with Gasteiger partial charge in [0.2, 0.25) is 0 Å². The summed E-state index contributed by atoms with van der Waals surface area (Å²) in [6.45, 7) is 0. The fraction of sp³-hybridized carbons (Fsp3) is 0. The third kappa shape index (κ3) is 3.05. The maximum Gasteiger partial charge on any atom is 0.295 e. The second-order valence-electron chi connectivity index (χ2n) is 5.57. The summed E-state index contributed by atoms with van der Waals surface area (Å²) in [6, 6.07) is 3.66. The summed E-state index contributed by atoms with van der Waals surface area (Å²) < 4.78 is 97.6. The highest BCUT2D eigenvalue weighted by atomic mass is 32.2. The minimum atomic E-state index is -5.18. The van der Waals surface area contributed by atoms with Crippen LogP contribution in [0.5, 0.6) is 0 Å². The average Bonchev–Trinajstić information content (AvgIpc) is 2.55. The molecule has 3 N–H and O–H groups in total. The van der Waals surface area contributed by atoms with Crippen molar-refractivity contribution in [3.05, 3.63) is 52.6 Å². The number of hydrogen-bond donors (Lipinski definition) is 3. The van der Waals surface area contributed by atoms with Crippen LogP contribution in [0.3, 0.4) is 0 Å². The average molecular weight is 448 g/mol. The van der Waals surface area contributed by atoms with E-state index in [2.05, 4.69) is 0 Å². The Morgan fingerprint density at radius 3 is 1.36 bits per heavy atom. The molecule has 3 rings (SSSR count). The van der Waals surface area contributed by atoms with Crippen molar-refractivity contribution < 1.29 is 48.5 Å². The van der Waals surface area contributed by atoms with Crippen molar-refractivity contribution in [2.75, 3.05) is 0 Å². The summed E-state index contributed by atoms with van der Waals surface area (Å²) in [5.41, 5.74) is -3.75. The third-order valence-electron chi connectivity index (χ3n) is 3.91. The summed E-state index contributed by atoms with van der Waals surface area (Å²) in [5, 5.41) is 0. The number of carbonyl (C=O) groups excluding carboxylic acids is 2. The van der Waals surface area contributed by atoms with Crippen LogP contribution in [-0.4, -0.2) is 50.5 Å². The van der Waals surface area contributed by atoms with Gasteiger partial charge in [0, 0.05) is 5.56 Å². The fourth-order valence-electron chi connectivity index (χ4n) is 2.87. The number of benzene rings is 2. The summed E-state index contributed by atoms with van der Waals surface area (Å²) in [6.07, 6.45) is 0. The van der Waals surface area contributed by atoms with Gasteiger partial charge in [0.1, 0.15) is 14.7 Å². The van der Waals surface area contributed by atoms with Gasteiger partial charge in [0.15, 0.2) is 11.6 Å². The van der Waals surface area contributed by atoms with Crippen LogP contribution in [-0.2, 0) is 30.4 Å². The molecule has 0 atom stereocenters. The summed E-state index contributed by atoms with van der Waals surface area (Å²) in [4.78, 5) is 22.4. The van der Waals surface area contributed by atoms with Gasteiger partial charge in [-0.3, -0.25) is 23.2 Å². The second-order valence-corrected chi connectivity index (χ2v) is 9.74. The van der Waals surface area contributed by atoms with Crippen LogP contribution in [0.1, 0.15) is 31.8 Å². The second kappa shape index (κ2) is 6.00. The molecule has 28 heavy (non-hydrogen) atoms. The highest BCUT2D eigenvalue weighted by Crippen LogP contribution is 2.37. The molecule has 0 fully saturated rings. The molecule has 0 heterocycles. The maximum atomic E-state index is 12.9. The number of ketones is 2. The SMILES string of the molecule is O=C1c2cccc(S(=O)(=O)O)c2C(=O)c2c(S(=O)(=O)O)ccc(S(=O)(=O)O)c21. The fourth-order valence-corrected chi connectivity index (χ4v) is 4.97. The molecular formula is C14H8O11S3. The van der Waals surface area contributed by atoms with Gasteiger partial charge in [-0.1, -0.05) is 12.1 Å². The molecule has 0 spiro atoms. The quantitative estimate of drug-likeness (QED) is 0.463. The minimum Gasteiger partial charge on any atom is -0.289 e. The molecule has 0 bridgehead atoms. The van der Waals surface area contributed by atoms with Crippen molar-refractivity contribution in [3.63, 3.8) is 0 Å². The first-order valence-electron chi connectivity index (χ1n) is 6.97. The Morgan fingerprint density at radius 1 is 0.536 bits per heavy atom. The number of hydrogen-bond acceptors (Lipinski definition) is 8. The van der Waals surface area contributed by atoms with Gasteiger partial charge >= 0.3 is 0 Å². The lowest BCUT2D eigenvalue weighted by Gasteiger charge is -2.22. The maximum absolute atomic E-state index is 12.9. The zero-order valence-corrected chi connectivity index (χ0v) is 15.7. The molecule has 1 aliphatic carbocycles. The Bertz CT molecular complexity index is 1400. The van der Waals surface area contributed by atoms with Gasteiger partial charge in [0.25, 0.3) is 30.4 Å². The van der Waals surface area contributed by atoms with Crippen LogP contribution >= 0.6 is 0 Å². The van der Waals surface area contributed by atoms with E-state index in [1.54, 1.807) is 0 Å². The predicted molar refractivity (Wildman–Crippen MR) is 89.2 cm³/mol. The van der Waals surface area contributed by atoms with Gasteiger partial charge in [-0.2, -0.15) is 25.3 Å². The van der Waals surface area contributed by atoms with Crippen molar-refractivity contribution in [2.45, 2.75) is 14.7 Å². The smallest absolute Gasteiger partial charge is 0.289 e. The molecule has 0 saturated heterocycles. The van der Waals surface area contributed by atoms with E-state index in [1.807, 2.05) is 0 Å². The number of rotatable bonds is 3. The van der Waals surface area contributed by atoms with Crippen molar-refractivity contribution in [1.29, 1.82) is 0 Å². The third-order valence-corrected chi connectivity index (χ3v) is 6.60. The lowest BCUT2D eigenvalue weighted by Crippen LogP contribution is -2.28. The molecule has 1 aliphatic rings. The van der Waals surface area contributed by atoms with E-state index in [0.717, 1.165) is 18.2 Å². The van der Waals surface area contributed by atoms with Crippen LogP contribution in [0.2, 0.25) is 0 Å². The van der Waals surface area contributed by atoms with Crippen LogP contribution in [0.4, 0.5) is 0 Å². The van der Waals surface area contributed by atoms with E-state index < -0.39 is 78.9 Å². The van der Waals surface area contributed by atoms with Crippen molar-refractivity contribution in [3.8, 4) is 0 Å². The molecular weight excluding hydrogens is 440 g/mol. The van der Waals surface area contributed by atoms with E-state index in [4.69, 9.17) is 0 Å². The molecule has 2 aromatic carbocycles. The van der Waals surface area contributed by atoms with Gasteiger partial charge in [0.05, 0.1) is 16.7 Å². The lowest BCUT2D eigenvalue weighted by molar-refractivity contribution is 0.0971. The van der Waals surface area contributed by atoms with E-state index >= 15 is 0 Å². The number of carbonyl (C=O) groups is 2. The van der Waals surface area contributed by atoms with E-state index in [9.17, 15) is 48.5 Å². The van der Waals surface area contributed by atoms with Crippen LogP contribution in [0.25, 0.3) is 0 Å². The van der Waals surface area contributed by atoms with Gasteiger partial charge in [-0.25, -0.2) is 0 Å². The van der Waals surface area contributed by atoms with Gasteiger partial charge < -0.3 is 0 Å². The normalized spacial score (nSPS) is 14.5. The molecule has 0 unspecified atom stereocenters. The van der Waals surface area contributed by atoms with Gasteiger partial charge in [-0.05, 0) is 18.2 Å².